The Morgan fingerprint density at radius 1 is 1.03 bits per heavy atom. The second-order valence-corrected chi connectivity index (χ2v) is 9.38. The van der Waals surface area contributed by atoms with Gasteiger partial charge in [-0.15, -0.1) is 0 Å². The number of aryl methyl sites for hydroxylation is 1. The molecule has 0 amide bonds. The van der Waals surface area contributed by atoms with Gasteiger partial charge in [0.15, 0.2) is 0 Å². The van der Waals surface area contributed by atoms with Crippen molar-refractivity contribution in [3.05, 3.63) is 96.1 Å². The molecule has 0 radical (unpaired) electrons. The first-order valence-corrected chi connectivity index (χ1v) is 12.8. The minimum absolute atomic E-state index is 0.0211. The van der Waals surface area contributed by atoms with Crippen LogP contribution in [0, 0.1) is 0 Å². The molecule has 0 bridgehead atoms. The van der Waals surface area contributed by atoms with E-state index in [2.05, 4.69) is 4.72 Å². The van der Waals surface area contributed by atoms with Crippen LogP contribution in [0.3, 0.4) is 0 Å². The van der Waals surface area contributed by atoms with Gasteiger partial charge in [0.1, 0.15) is 18.5 Å². The molecule has 1 atom stereocenters. The van der Waals surface area contributed by atoms with Crippen LogP contribution in [0.25, 0.3) is 6.08 Å². The molecule has 0 heterocycles. The number of carbonyl (C=O) groups is 1. The first kappa shape index (κ1) is 26.0. The molecule has 0 aliphatic heterocycles. The number of hydrogen-bond acceptors (Lipinski definition) is 6. The maximum absolute atomic E-state index is 12.5. The summed E-state index contributed by atoms with van der Waals surface area (Å²) in [6.45, 7) is 2.13. The van der Waals surface area contributed by atoms with Crippen molar-refractivity contribution >= 4 is 27.8 Å². The first-order chi connectivity index (χ1) is 16.9. The lowest BCUT2D eigenvalue weighted by Crippen LogP contribution is -2.15. The summed E-state index contributed by atoms with van der Waals surface area (Å²) in [5.41, 5.74) is 1.99. The van der Waals surface area contributed by atoms with E-state index < -0.39 is 16.1 Å². The van der Waals surface area contributed by atoms with E-state index in [1.54, 1.807) is 67.6 Å². The van der Waals surface area contributed by atoms with Crippen molar-refractivity contribution in [3.8, 4) is 5.75 Å². The SMILES string of the molecule is CCOC(=O)CCc1ccccc1OC[C@@H](O)/C=C/c1cccc(NS(=O)(=O)c2ccccc2)c1. The predicted molar refractivity (Wildman–Crippen MR) is 136 cm³/mol. The maximum atomic E-state index is 12.5. The molecule has 0 unspecified atom stereocenters. The summed E-state index contributed by atoms with van der Waals surface area (Å²) >= 11 is 0. The van der Waals surface area contributed by atoms with Gasteiger partial charge in [-0.05, 0) is 54.8 Å². The minimum Gasteiger partial charge on any atom is -0.490 e. The summed E-state index contributed by atoms with van der Waals surface area (Å²) in [6.07, 6.45) is 3.11. The van der Waals surface area contributed by atoms with Crippen molar-refractivity contribution < 1.29 is 27.8 Å². The van der Waals surface area contributed by atoms with Gasteiger partial charge >= 0.3 is 5.97 Å². The monoisotopic (exact) mass is 495 g/mol. The lowest BCUT2D eigenvalue weighted by Gasteiger charge is -2.13. The average molecular weight is 496 g/mol. The first-order valence-electron chi connectivity index (χ1n) is 11.3. The maximum Gasteiger partial charge on any atom is 0.306 e. The third-order valence-electron chi connectivity index (χ3n) is 4.99. The van der Waals surface area contributed by atoms with E-state index in [1.807, 2.05) is 18.2 Å². The summed E-state index contributed by atoms with van der Waals surface area (Å²) in [5.74, 6) is 0.333. The molecular weight excluding hydrogens is 466 g/mol. The van der Waals surface area contributed by atoms with Crippen molar-refractivity contribution in [2.75, 3.05) is 17.9 Å². The second kappa shape index (κ2) is 12.7. The van der Waals surface area contributed by atoms with Gasteiger partial charge in [-0.3, -0.25) is 9.52 Å². The summed E-state index contributed by atoms with van der Waals surface area (Å²) < 4.78 is 38.4. The molecule has 0 aliphatic rings. The molecular formula is C27H29NO6S. The van der Waals surface area contributed by atoms with Gasteiger partial charge in [0.2, 0.25) is 0 Å². The summed E-state index contributed by atoms with van der Waals surface area (Å²) in [4.78, 5) is 11.8. The predicted octanol–water partition coefficient (Wildman–Crippen LogP) is 4.44. The van der Waals surface area contributed by atoms with E-state index in [0.29, 0.717) is 30.0 Å². The van der Waals surface area contributed by atoms with Crippen molar-refractivity contribution in [2.45, 2.75) is 30.8 Å². The normalized spacial score (nSPS) is 12.3. The Morgan fingerprint density at radius 3 is 2.54 bits per heavy atom. The molecule has 0 saturated heterocycles. The quantitative estimate of drug-likeness (QED) is 0.360. The minimum atomic E-state index is -3.69. The Kier molecular flexibility index (Phi) is 9.46. The molecule has 0 aliphatic carbocycles. The van der Waals surface area contributed by atoms with E-state index in [9.17, 15) is 18.3 Å². The number of anilines is 1. The van der Waals surface area contributed by atoms with Crippen LogP contribution in [-0.2, 0) is 26.0 Å². The van der Waals surface area contributed by atoms with Crippen LogP contribution in [0.15, 0.2) is 89.8 Å². The average Bonchev–Trinajstić information content (AvgIpc) is 2.86. The van der Waals surface area contributed by atoms with Crippen LogP contribution >= 0.6 is 0 Å². The highest BCUT2D eigenvalue weighted by atomic mass is 32.2. The van der Waals surface area contributed by atoms with Crippen LogP contribution in [-0.4, -0.2) is 38.8 Å². The third kappa shape index (κ3) is 8.27. The van der Waals surface area contributed by atoms with Gasteiger partial charge in [0.25, 0.3) is 10.0 Å². The van der Waals surface area contributed by atoms with Crippen molar-refractivity contribution in [1.82, 2.24) is 0 Å². The van der Waals surface area contributed by atoms with E-state index >= 15 is 0 Å². The van der Waals surface area contributed by atoms with E-state index in [4.69, 9.17) is 9.47 Å². The van der Waals surface area contributed by atoms with Crippen LogP contribution in [0.5, 0.6) is 5.75 Å². The zero-order valence-electron chi connectivity index (χ0n) is 19.5. The summed E-state index contributed by atoms with van der Waals surface area (Å²) in [7, 11) is -3.69. The third-order valence-corrected chi connectivity index (χ3v) is 6.39. The Balaban J connectivity index is 1.57. The number of ether oxygens (including phenoxy) is 2. The van der Waals surface area contributed by atoms with Gasteiger partial charge in [-0.1, -0.05) is 60.7 Å². The Morgan fingerprint density at radius 2 is 1.77 bits per heavy atom. The number of benzene rings is 3. The number of para-hydroxylation sites is 1. The molecule has 35 heavy (non-hydrogen) atoms. The lowest BCUT2D eigenvalue weighted by atomic mass is 10.1. The standard InChI is InChI=1S/C27H29NO6S/c1-2-33-27(30)18-16-22-10-6-7-14-26(22)34-20-24(29)17-15-21-9-8-11-23(19-21)28-35(31,32)25-12-4-3-5-13-25/h3-15,17,19,24,28-29H,2,16,18,20H2,1H3/b17-15+/t24-/m0/s1. The fraction of sp³-hybridized carbons (Fsp3) is 0.222. The molecule has 7 nitrogen and oxygen atoms in total. The molecule has 0 saturated carbocycles. The zero-order valence-corrected chi connectivity index (χ0v) is 20.3. The molecule has 184 valence electrons. The van der Waals surface area contributed by atoms with Gasteiger partial charge < -0.3 is 14.6 Å². The molecule has 3 aromatic rings. The van der Waals surface area contributed by atoms with Gasteiger partial charge in [-0.25, -0.2) is 8.42 Å². The molecule has 3 rings (SSSR count). The molecule has 0 aromatic heterocycles. The fourth-order valence-electron chi connectivity index (χ4n) is 3.29. The Labute approximate surface area is 206 Å². The van der Waals surface area contributed by atoms with Crippen LogP contribution in [0.4, 0.5) is 5.69 Å². The molecule has 8 heteroatoms. The van der Waals surface area contributed by atoms with Gasteiger partial charge in [0, 0.05) is 12.1 Å². The second-order valence-electron chi connectivity index (χ2n) is 7.69. The highest BCUT2D eigenvalue weighted by Gasteiger charge is 2.13. The molecule has 3 aromatic carbocycles. The summed E-state index contributed by atoms with van der Waals surface area (Å²) in [5, 5.41) is 10.4. The van der Waals surface area contributed by atoms with Crippen LogP contribution in [0.1, 0.15) is 24.5 Å². The van der Waals surface area contributed by atoms with Gasteiger partial charge in [-0.2, -0.15) is 0 Å². The van der Waals surface area contributed by atoms with Crippen molar-refractivity contribution in [2.24, 2.45) is 0 Å². The smallest absolute Gasteiger partial charge is 0.306 e. The number of hydrogen-bond donors (Lipinski definition) is 2. The fourth-order valence-corrected chi connectivity index (χ4v) is 4.36. The van der Waals surface area contributed by atoms with E-state index in [0.717, 1.165) is 5.56 Å². The number of aliphatic hydroxyl groups is 1. The van der Waals surface area contributed by atoms with E-state index in [1.165, 1.54) is 12.1 Å². The van der Waals surface area contributed by atoms with Crippen LogP contribution < -0.4 is 9.46 Å². The zero-order chi connectivity index (χ0) is 25.1. The van der Waals surface area contributed by atoms with Crippen molar-refractivity contribution in [3.63, 3.8) is 0 Å². The number of nitrogens with one attached hydrogen (secondary N) is 1. The lowest BCUT2D eigenvalue weighted by molar-refractivity contribution is -0.143. The number of rotatable bonds is 12. The largest absolute Gasteiger partial charge is 0.490 e. The van der Waals surface area contributed by atoms with E-state index in [-0.39, 0.29) is 23.9 Å². The molecule has 0 spiro atoms. The number of esters is 1. The number of aliphatic hydroxyl groups excluding tert-OH is 1. The molecule has 2 N–H and O–H groups in total. The summed E-state index contributed by atoms with van der Waals surface area (Å²) in [6, 6.07) is 22.3. The van der Waals surface area contributed by atoms with Crippen LogP contribution in [0.2, 0.25) is 0 Å². The highest BCUT2D eigenvalue weighted by Crippen LogP contribution is 2.21. The topological polar surface area (TPSA) is 102 Å². The number of carbonyl (C=O) groups excluding carboxylic acids is 1. The Hall–Kier alpha value is -3.62. The Bertz CT molecular complexity index is 1240. The van der Waals surface area contributed by atoms with Crippen molar-refractivity contribution in [1.29, 1.82) is 0 Å². The highest BCUT2D eigenvalue weighted by molar-refractivity contribution is 7.92. The number of sulfonamides is 1. The van der Waals surface area contributed by atoms with Gasteiger partial charge in [0.05, 0.1) is 11.5 Å². The molecule has 0 fully saturated rings.